The number of nitrogens with zero attached hydrogens (tertiary/aromatic N) is 3. The van der Waals surface area contributed by atoms with Crippen LogP contribution < -0.4 is 10.6 Å². The van der Waals surface area contributed by atoms with Crippen molar-refractivity contribution < 1.29 is 9.53 Å². The maximum Gasteiger partial charge on any atom is 0.257 e. The standard InChI is InChI=1S/C23H22BrN5O2/c1-31-11-10-29-15-17-6-7-18(13-21(17)28-29)27-23(30)19-4-2-3-5-20(19)26-14-16-8-9-25-22(24)12-16/h2-9,12-13,15,26H,10-11,14H2,1H3,(H,27,30). The molecule has 8 heteroatoms. The Labute approximate surface area is 188 Å². The van der Waals surface area contributed by atoms with Crippen LogP contribution in [0.5, 0.6) is 0 Å². The lowest BCUT2D eigenvalue weighted by Crippen LogP contribution is -2.14. The van der Waals surface area contributed by atoms with Crippen molar-refractivity contribution in [1.29, 1.82) is 0 Å². The van der Waals surface area contributed by atoms with E-state index < -0.39 is 0 Å². The number of benzene rings is 2. The number of hydrogen-bond donors (Lipinski definition) is 2. The van der Waals surface area contributed by atoms with Crippen molar-refractivity contribution in [3.8, 4) is 0 Å². The molecule has 2 aromatic heterocycles. The van der Waals surface area contributed by atoms with E-state index in [2.05, 4.69) is 36.6 Å². The Balaban J connectivity index is 1.48. The molecule has 7 nitrogen and oxygen atoms in total. The van der Waals surface area contributed by atoms with Gasteiger partial charge in [-0.25, -0.2) is 4.98 Å². The highest BCUT2D eigenvalue weighted by molar-refractivity contribution is 9.10. The summed E-state index contributed by atoms with van der Waals surface area (Å²) in [6.45, 7) is 1.86. The average molecular weight is 480 g/mol. The van der Waals surface area contributed by atoms with Crippen molar-refractivity contribution in [3.05, 3.63) is 82.7 Å². The van der Waals surface area contributed by atoms with Gasteiger partial charge in [0.25, 0.3) is 5.91 Å². The number of carbonyl (C=O) groups excluding carboxylic acids is 1. The van der Waals surface area contributed by atoms with Gasteiger partial charge >= 0.3 is 0 Å². The van der Waals surface area contributed by atoms with E-state index in [9.17, 15) is 4.79 Å². The first kappa shape index (κ1) is 21.0. The van der Waals surface area contributed by atoms with Crippen molar-refractivity contribution in [2.24, 2.45) is 0 Å². The fraction of sp³-hybridized carbons (Fsp3) is 0.174. The predicted molar refractivity (Wildman–Crippen MR) is 125 cm³/mol. The molecule has 0 aliphatic heterocycles. The van der Waals surface area contributed by atoms with E-state index in [1.54, 1.807) is 19.4 Å². The third-order valence-electron chi connectivity index (χ3n) is 4.78. The first-order valence-electron chi connectivity index (χ1n) is 9.83. The van der Waals surface area contributed by atoms with Gasteiger partial charge in [0.2, 0.25) is 0 Å². The molecule has 4 rings (SSSR count). The predicted octanol–water partition coefficient (Wildman–Crippen LogP) is 4.70. The Bertz CT molecular complexity index is 1210. The normalized spacial score (nSPS) is 10.9. The zero-order chi connectivity index (χ0) is 21.6. The van der Waals surface area contributed by atoms with Crippen LogP contribution in [0.15, 0.2) is 71.6 Å². The van der Waals surface area contributed by atoms with E-state index in [1.807, 2.05) is 59.4 Å². The average Bonchev–Trinajstić information content (AvgIpc) is 3.18. The molecule has 2 aromatic carbocycles. The molecule has 1 amide bonds. The van der Waals surface area contributed by atoms with Crippen LogP contribution in [0.25, 0.3) is 10.9 Å². The van der Waals surface area contributed by atoms with Gasteiger partial charge in [-0.15, -0.1) is 0 Å². The van der Waals surface area contributed by atoms with Gasteiger partial charge < -0.3 is 15.4 Å². The minimum Gasteiger partial charge on any atom is -0.383 e. The van der Waals surface area contributed by atoms with Crippen molar-refractivity contribution in [1.82, 2.24) is 14.8 Å². The smallest absolute Gasteiger partial charge is 0.257 e. The number of ether oxygens (including phenoxy) is 1. The minimum absolute atomic E-state index is 0.183. The summed E-state index contributed by atoms with van der Waals surface area (Å²) in [7, 11) is 1.67. The highest BCUT2D eigenvalue weighted by Gasteiger charge is 2.12. The van der Waals surface area contributed by atoms with E-state index in [0.717, 1.165) is 26.8 Å². The van der Waals surface area contributed by atoms with Gasteiger partial charge in [0.1, 0.15) is 4.60 Å². The number of rotatable bonds is 8. The molecule has 0 spiro atoms. The molecule has 0 aliphatic rings. The number of pyridine rings is 1. The SMILES string of the molecule is COCCn1cc2ccc(NC(=O)c3ccccc3NCc3ccnc(Br)c3)cc2n1. The summed E-state index contributed by atoms with van der Waals surface area (Å²) in [5, 5.41) is 11.9. The third-order valence-corrected chi connectivity index (χ3v) is 5.22. The molecule has 4 aromatic rings. The topological polar surface area (TPSA) is 81.1 Å². The number of amides is 1. The molecular weight excluding hydrogens is 458 g/mol. The van der Waals surface area contributed by atoms with E-state index in [1.165, 1.54) is 0 Å². The summed E-state index contributed by atoms with van der Waals surface area (Å²) in [6, 6.07) is 17.0. The number of fused-ring (bicyclic) bond motifs is 1. The highest BCUT2D eigenvalue weighted by atomic mass is 79.9. The summed E-state index contributed by atoms with van der Waals surface area (Å²) in [5.41, 5.74) is 3.91. The second-order valence-corrected chi connectivity index (χ2v) is 7.81. The lowest BCUT2D eigenvalue weighted by Gasteiger charge is -2.12. The fourth-order valence-electron chi connectivity index (χ4n) is 3.23. The molecule has 0 saturated carbocycles. The number of halogens is 1. The van der Waals surface area contributed by atoms with Gasteiger partial charge in [0.05, 0.1) is 24.2 Å². The Morgan fingerprint density at radius 3 is 2.87 bits per heavy atom. The summed E-state index contributed by atoms with van der Waals surface area (Å²) >= 11 is 3.38. The summed E-state index contributed by atoms with van der Waals surface area (Å²) in [4.78, 5) is 17.1. The number of hydrogen-bond acceptors (Lipinski definition) is 5. The van der Waals surface area contributed by atoms with Crippen LogP contribution in [0.4, 0.5) is 11.4 Å². The Morgan fingerprint density at radius 1 is 1.16 bits per heavy atom. The summed E-state index contributed by atoms with van der Waals surface area (Å²) in [6.07, 6.45) is 3.71. The molecule has 2 heterocycles. The molecular formula is C23H22BrN5O2. The fourth-order valence-corrected chi connectivity index (χ4v) is 3.64. The number of anilines is 2. The van der Waals surface area contributed by atoms with Crippen LogP contribution in [-0.4, -0.2) is 34.4 Å². The molecule has 158 valence electrons. The van der Waals surface area contributed by atoms with Crippen LogP contribution >= 0.6 is 15.9 Å². The molecule has 0 bridgehead atoms. The van der Waals surface area contributed by atoms with Crippen molar-refractivity contribution >= 4 is 44.1 Å². The van der Waals surface area contributed by atoms with Gasteiger partial charge in [0, 0.05) is 42.8 Å². The first-order valence-corrected chi connectivity index (χ1v) is 10.6. The molecule has 0 atom stereocenters. The van der Waals surface area contributed by atoms with Crippen LogP contribution in [0.1, 0.15) is 15.9 Å². The summed E-state index contributed by atoms with van der Waals surface area (Å²) < 4.78 is 7.72. The molecule has 0 saturated heterocycles. The lowest BCUT2D eigenvalue weighted by atomic mass is 10.1. The molecule has 2 N–H and O–H groups in total. The van der Waals surface area contributed by atoms with E-state index in [0.29, 0.717) is 30.9 Å². The van der Waals surface area contributed by atoms with Crippen molar-refractivity contribution in [2.45, 2.75) is 13.1 Å². The molecule has 31 heavy (non-hydrogen) atoms. The van der Waals surface area contributed by atoms with Crippen molar-refractivity contribution in [3.63, 3.8) is 0 Å². The monoisotopic (exact) mass is 479 g/mol. The minimum atomic E-state index is -0.183. The van der Waals surface area contributed by atoms with E-state index in [4.69, 9.17) is 4.74 Å². The second kappa shape index (κ2) is 9.72. The quantitative estimate of drug-likeness (QED) is 0.357. The Hall–Kier alpha value is -3.23. The zero-order valence-electron chi connectivity index (χ0n) is 17.0. The number of aromatic nitrogens is 3. The van der Waals surface area contributed by atoms with Gasteiger partial charge in [-0.3, -0.25) is 9.48 Å². The number of carbonyl (C=O) groups is 1. The Kier molecular flexibility index (Phi) is 6.59. The molecule has 0 unspecified atom stereocenters. The largest absolute Gasteiger partial charge is 0.383 e. The molecule has 0 aliphatic carbocycles. The number of para-hydroxylation sites is 1. The molecule has 0 radical (unpaired) electrons. The maximum absolute atomic E-state index is 13.0. The first-order chi connectivity index (χ1) is 15.1. The molecule has 0 fully saturated rings. The number of methoxy groups -OCH3 is 1. The van der Waals surface area contributed by atoms with Gasteiger partial charge in [0.15, 0.2) is 0 Å². The highest BCUT2D eigenvalue weighted by Crippen LogP contribution is 2.21. The third kappa shape index (κ3) is 5.28. The zero-order valence-corrected chi connectivity index (χ0v) is 18.6. The van der Waals surface area contributed by atoms with E-state index >= 15 is 0 Å². The van der Waals surface area contributed by atoms with Crippen LogP contribution in [0.2, 0.25) is 0 Å². The second-order valence-electron chi connectivity index (χ2n) is 7.00. The van der Waals surface area contributed by atoms with Gasteiger partial charge in [-0.1, -0.05) is 12.1 Å². The van der Waals surface area contributed by atoms with Gasteiger partial charge in [-0.05, 0) is 64.0 Å². The number of nitrogens with one attached hydrogen (secondary N) is 2. The van der Waals surface area contributed by atoms with Crippen molar-refractivity contribution in [2.75, 3.05) is 24.4 Å². The van der Waals surface area contributed by atoms with Crippen LogP contribution in [-0.2, 0) is 17.8 Å². The van der Waals surface area contributed by atoms with Gasteiger partial charge in [-0.2, -0.15) is 5.10 Å². The van der Waals surface area contributed by atoms with Crippen LogP contribution in [0.3, 0.4) is 0 Å². The summed E-state index contributed by atoms with van der Waals surface area (Å²) in [5.74, 6) is -0.183. The maximum atomic E-state index is 13.0. The van der Waals surface area contributed by atoms with Crippen LogP contribution in [0, 0.1) is 0 Å². The lowest BCUT2D eigenvalue weighted by molar-refractivity contribution is 0.102. The Morgan fingerprint density at radius 2 is 2.03 bits per heavy atom. The van der Waals surface area contributed by atoms with E-state index in [-0.39, 0.29) is 5.91 Å².